The Balaban J connectivity index is 1.74. The van der Waals surface area contributed by atoms with Crippen LogP contribution in [-0.2, 0) is 17.6 Å². The minimum absolute atomic E-state index is 0.00151. The molecule has 0 aliphatic carbocycles. The van der Waals surface area contributed by atoms with Gasteiger partial charge < -0.3 is 15.8 Å². The molecule has 6 heteroatoms. The third-order valence-electron chi connectivity index (χ3n) is 2.80. The highest BCUT2D eigenvalue weighted by molar-refractivity contribution is 7.13. The van der Waals surface area contributed by atoms with Crippen molar-refractivity contribution in [1.29, 1.82) is 0 Å². The summed E-state index contributed by atoms with van der Waals surface area (Å²) >= 11 is 1.41. The Morgan fingerprint density at radius 2 is 2.15 bits per heavy atom. The van der Waals surface area contributed by atoms with Gasteiger partial charge in [0.15, 0.2) is 5.13 Å². The topological polar surface area (TPSA) is 77.2 Å². The average molecular weight is 291 g/mol. The number of nitrogens with one attached hydrogen (secondary N) is 1. The van der Waals surface area contributed by atoms with Crippen LogP contribution in [0.15, 0.2) is 29.6 Å². The van der Waals surface area contributed by atoms with Gasteiger partial charge in [-0.25, -0.2) is 4.98 Å². The van der Waals surface area contributed by atoms with Crippen LogP contribution in [0.3, 0.4) is 0 Å². The molecule has 5 nitrogen and oxygen atoms in total. The molecule has 20 heavy (non-hydrogen) atoms. The second-order valence-corrected chi connectivity index (χ2v) is 5.19. The molecule has 2 aromatic rings. The second-order valence-electron chi connectivity index (χ2n) is 4.30. The number of carbonyl (C=O) groups excluding carboxylic acids is 1. The Hall–Kier alpha value is -2.08. The summed E-state index contributed by atoms with van der Waals surface area (Å²) < 4.78 is 5.07. The number of ether oxygens (including phenoxy) is 1. The molecule has 106 valence electrons. The first-order chi connectivity index (χ1) is 9.67. The molecule has 0 unspecified atom stereocenters. The average Bonchev–Trinajstić information content (AvgIpc) is 2.85. The highest BCUT2D eigenvalue weighted by Gasteiger charge is 2.04. The Bertz CT molecular complexity index is 566. The number of hydrogen-bond acceptors (Lipinski definition) is 5. The summed E-state index contributed by atoms with van der Waals surface area (Å²) in [7, 11) is 1.62. The number of anilines is 1. The van der Waals surface area contributed by atoms with Gasteiger partial charge in [-0.05, 0) is 17.7 Å². The van der Waals surface area contributed by atoms with Gasteiger partial charge >= 0.3 is 0 Å². The zero-order valence-electron chi connectivity index (χ0n) is 11.3. The molecule has 0 fully saturated rings. The Morgan fingerprint density at radius 3 is 2.75 bits per heavy atom. The molecule has 1 aromatic carbocycles. The van der Waals surface area contributed by atoms with Gasteiger partial charge in [-0.1, -0.05) is 12.1 Å². The third kappa shape index (κ3) is 4.24. The number of aromatic nitrogens is 1. The second kappa shape index (κ2) is 6.91. The summed E-state index contributed by atoms with van der Waals surface area (Å²) in [5.74, 6) is 0.786. The summed E-state index contributed by atoms with van der Waals surface area (Å²) in [6.07, 6.45) is 1.06. The Kier molecular flexibility index (Phi) is 4.95. The number of methoxy groups -OCH3 is 1. The molecule has 0 aliphatic heterocycles. The van der Waals surface area contributed by atoms with E-state index in [-0.39, 0.29) is 5.91 Å². The van der Waals surface area contributed by atoms with Crippen LogP contribution < -0.4 is 15.8 Å². The smallest absolute Gasteiger partial charge is 0.224 e. The van der Waals surface area contributed by atoms with Crippen molar-refractivity contribution in [2.45, 2.75) is 12.8 Å². The van der Waals surface area contributed by atoms with Crippen LogP contribution in [0.4, 0.5) is 5.13 Å². The van der Waals surface area contributed by atoms with E-state index in [2.05, 4.69) is 10.3 Å². The molecule has 2 rings (SSSR count). The summed E-state index contributed by atoms with van der Waals surface area (Å²) in [5.41, 5.74) is 7.42. The van der Waals surface area contributed by atoms with Gasteiger partial charge in [0.05, 0.1) is 19.2 Å². The minimum Gasteiger partial charge on any atom is -0.497 e. The molecular formula is C14H17N3O2S. The number of amides is 1. The van der Waals surface area contributed by atoms with Gasteiger partial charge in [-0.15, -0.1) is 11.3 Å². The summed E-state index contributed by atoms with van der Waals surface area (Å²) in [5, 5.41) is 5.34. The summed E-state index contributed by atoms with van der Waals surface area (Å²) in [4.78, 5) is 15.9. The maximum atomic E-state index is 11.8. The molecule has 0 saturated heterocycles. The van der Waals surface area contributed by atoms with Crippen LogP contribution in [0.5, 0.6) is 5.75 Å². The lowest BCUT2D eigenvalue weighted by Gasteiger charge is -2.05. The molecule has 1 aromatic heterocycles. The van der Waals surface area contributed by atoms with Gasteiger partial charge in [0.2, 0.25) is 5.91 Å². The van der Waals surface area contributed by atoms with Crippen molar-refractivity contribution in [3.05, 3.63) is 40.9 Å². The first-order valence-corrected chi connectivity index (χ1v) is 7.15. The van der Waals surface area contributed by atoms with Gasteiger partial charge in [0.1, 0.15) is 5.75 Å². The van der Waals surface area contributed by atoms with Crippen molar-refractivity contribution in [3.8, 4) is 5.75 Å². The quantitative estimate of drug-likeness (QED) is 0.848. The van der Waals surface area contributed by atoms with Crippen molar-refractivity contribution in [3.63, 3.8) is 0 Å². The van der Waals surface area contributed by atoms with Crippen LogP contribution in [0.25, 0.3) is 0 Å². The fourth-order valence-corrected chi connectivity index (χ4v) is 2.36. The Labute approximate surface area is 121 Å². The summed E-state index contributed by atoms with van der Waals surface area (Å²) in [6.45, 7) is 0.568. The number of hydrogen-bond donors (Lipinski definition) is 2. The Morgan fingerprint density at radius 1 is 1.40 bits per heavy atom. The fraction of sp³-hybridized carbons (Fsp3) is 0.286. The lowest BCUT2D eigenvalue weighted by Crippen LogP contribution is -2.27. The van der Waals surface area contributed by atoms with Crippen molar-refractivity contribution in [2.24, 2.45) is 0 Å². The number of nitrogen functional groups attached to an aromatic ring is 1. The van der Waals surface area contributed by atoms with E-state index in [1.54, 1.807) is 7.11 Å². The predicted molar refractivity (Wildman–Crippen MR) is 79.9 cm³/mol. The van der Waals surface area contributed by atoms with Crippen LogP contribution in [0.2, 0.25) is 0 Å². The molecule has 0 radical (unpaired) electrons. The molecule has 0 atom stereocenters. The first kappa shape index (κ1) is 14.3. The van der Waals surface area contributed by atoms with E-state index in [9.17, 15) is 4.79 Å². The zero-order chi connectivity index (χ0) is 14.4. The molecule has 1 amide bonds. The number of nitrogens with zero attached hydrogens (tertiary/aromatic N) is 1. The maximum Gasteiger partial charge on any atom is 0.224 e. The normalized spacial score (nSPS) is 10.2. The molecule has 3 N–H and O–H groups in total. The zero-order valence-corrected chi connectivity index (χ0v) is 12.1. The number of carbonyl (C=O) groups is 1. The maximum absolute atomic E-state index is 11.8. The molecular weight excluding hydrogens is 274 g/mol. The van der Waals surface area contributed by atoms with Gasteiger partial charge in [-0.2, -0.15) is 0 Å². The van der Waals surface area contributed by atoms with E-state index in [0.717, 1.165) is 17.0 Å². The largest absolute Gasteiger partial charge is 0.497 e. The first-order valence-electron chi connectivity index (χ1n) is 6.27. The highest BCUT2D eigenvalue weighted by Crippen LogP contribution is 2.12. The lowest BCUT2D eigenvalue weighted by atomic mass is 10.1. The number of nitrogens with two attached hydrogens (primary N) is 1. The van der Waals surface area contributed by atoms with Crippen molar-refractivity contribution >= 4 is 22.4 Å². The number of thiazole rings is 1. The van der Waals surface area contributed by atoms with Crippen molar-refractivity contribution < 1.29 is 9.53 Å². The molecule has 0 saturated carbocycles. The van der Waals surface area contributed by atoms with Gasteiger partial charge in [0, 0.05) is 18.3 Å². The molecule has 0 aliphatic rings. The molecule has 0 spiro atoms. The van der Waals surface area contributed by atoms with E-state index in [1.165, 1.54) is 11.3 Å². The third-order valence-corrected chi connectivity index (χ3v) is 3.52. The minimum atomic E-state index is -0.00151. The van der Waals surface area contributed by atoms with Gasteiger partial charge in [-0.3, -0.25) is 4.79 Å². The van der Waals surface area contributed by atoms with Crippen LogP contribution in [-0.4, -0.2) is 24.5 Å². The van der Waals surface area contributed by atoms with E-state index < -0.39 is 0 Å². The molecule has 1 heterocycles. The SMILES string of the molecule is COc1ccc(CC(=O)NCCc2csc(N)n2)cc1. The van der Waals surface area contributed by atoms with Crippen molar-refractivity contribution in [1.82, 2.24) is 10.3 Å². The predicted octanol–water partition coefficient (Wildman–Crippen LogP) is 1.64. The van der Waals surface area contributed by atoms with Gasteiger partial charge in [0.25, 0.3) is 0 Å². The van der Waals surface area contributed by atoms with Crippen LogP contribution in [0.1, 0.15) is 11.3 Å². The molecule has 0 bridgehead atoms. The van der Waals surface area contributed by atoms with E-state index in [1.807, 2.05) is 29.6 Å². The van der Waals surface area contributed by atoms with E-state index in [0.29, 0.717) is 24.5 Å². The van der Waals surface area contributed by atoms with E-state index in [4.69, 9.17) is 10.5 Å². The lowest BCUT2D eigenvalue weighted by molar-refractivity contribution is -0.120. The summed E-state index contributed by atoms with van der Waals surface area (Å²) in [6, 6.07) is 7.47. The number of benzene rings is 1. The van der Waals surface area contributed by atoms with Crippen LogP contribution >= 0.6 is 11.3 Å². The monoisotopic (exact) mass is 291 g/mol. The fourth-order valence-electron chi connectivity index (χ4n) is 1.76. The standard InChI is InChI=1S/C14H17N3O2S/c1-19-12-4-2-10(3-5-12)8-13(18)16-7-6-11-9-20-14(15)17-11/h2-5,9H,6-8H2,1H3,(H2,15,17)(H,16,18). The van der Waals surface area contributed by atoms with Crippen LogP contribution in [0, 0.1) is 0 Å². The highest BCUT2D eigenvalue weighted by atomic mass is 32.1. The number of rotatable bonds is 6. The van der Waals surface area contributed by atoms with Crippen molar-refractivity contribution in [2.75, 3.05) is 19.4 Å². The van der Waals surface area contributed by atoms with E-state index >= 15 is 0 Å².